The average molecular weight is 354 g/mol. The van der Waals surface area contributed by atoms with Crippen molar-refractivity contribution >= 4 is 24.7 Å². The summed E-state index contributed by atoms with van der Waals surface area (Å²) in [7, 11) is 0. The Hall–Kier alpha value is -2.14. The molecule has 25 heavy (non-hydrogen) atoms. The lowest BCUT2D eigenvalue weighted by Crippen LogP contribution is -2.36. The van der Waals surface area contributed by atoms with Crippen LogP contribution in [-0.4, -0.2) is 19.7 Å². The predicted octanol–water partition coefficient (Wildman–Crippen LogP) is 2.92. The van der Waals surface area contributed by atoms with E-state index in [2.05, 4.69) is 55.9 Å². The fourth-order valence-electron chi connectivity index (χ4n) is 3.70. The Morgan fingerprint density at radius 1 is 1.20 bits per heavy atom. The number of rotatable bonds is 4. The van der Waals surface area contributed by atoms with Gasteiger partial charge in [-0.15, -0.1) is 0 Å². The molecule has 0 saturated carbocycles. The first-order valence-corrected chi connectivity index (χ1v) is 9.13. The zero-order valence-electron chi connectivity index (χ0n) is 14.5. The van der Waals surface area contributed by atoms with Crippen LogP contribution in [0.3, 0.4) is 0 Å². The summed E-state index contributed by atoms with van der Waals surface area (Å²) in [5, 5.41) is 2.08. The van der Waals surface area contributed by atoms with Gasteiger partial charge in [0.1, 0.15) is 11.5 Å². The average Bonchev–Trinajstić information content (AvgIpc) is 2.66. The highest BCUT2D eigenvalue weighted by Crippen LogP contribution is 2.41. The van der Waals surface area contributed by atoms with Crippen molar-refractivity contribution in [1.82, 2.24) is 0 Å². The summed E-state index contributed by atoms with van der Waals surface area (Å²) in [6, 6.07) is 12.5. The Balaban J connectivity index is 1.77. The van der Waals surface area contributed by atoms with E-state index in [1.165, 1.54) is 5.69 Å². The van der Waals surface area contributed by atoms with Crippen LogP contribution < -0.4 is 24.4 Å². The highest BCUT2D eigenvalue weighted by atomic mass is 32.1. The minimum Gasteiger partial charge on any atom is -0.492 e. The number of benzene rings is 2. The molecule has 2 atom stereocenters. The molecule has 2 aliphatic rings. The van der Waals surface area contributed by atoms with E-state index in [1.54, 1.807) is 0 Å². The van der Waals surface area contributed by atoms with Gasteiger partial charge in [-0.2, -0.15) is 0 Å². The third-order valence-electron chi connectivity index (χ3n) is 5.06. The van der Waals surface area contributed by atoms with Crippen LogP contribution in [0.2, 0.25) is 0 Å². The number of ether oxygens (including phenoxy) is 1. The van der Waals surface area contributed by atoms with Gasteiger partial charge in [0, 0.05) is 55.3 Å². The molecular weight excluding hydrogens is 332 g/mol. The van der Waals surface area contributed by atoms with Gasteiger partial charge in [-0.25, -0.2) is 0 Å². The second kappa shape index (κ2) is 6.64. The standard InChI is InChI=1S/C20H22N2O2S/c1-3-22(4-2)15-6-8-17-19(10-15)23-12-14-9-13-5-7-16(24-25)11-18(13)21-20(14)17/h5-11,14,20,25H,3-4,12H2,1-2H3. The minimum absolute atomic E-state index is 0.0946. The molecule has 0 spiro atoms. The summed E-state index contributed by atoms with van der Waals surface area (Å²) in [5.41, 5.74) is 2.36. The summed E-state index contributed by atoms with van der Waals surface area (Å²) in [6.07, 6.45) is 2.26. The minimum atomic E-state index is 0.0946. The van der Waals surface area contributed by atoms with Gasteiger partial charge in [-0.1, -0.05) is 12.1 Å². The van der Waals surface area contributed by atoms with E-state index in [0.29, 0.717) is 12.4 Å². The SMILES string of the molecule is CCN(CC)c1ccc2c(c1)OCC1C=c3ccc(OS)cc3=NC21. The van der Waals surface area contributed by atoms with Crippen LogP contribution in [0.15, 0.2) is 41.4 Å². The zero-order chi connectivity index (χ0) is 17.4. The fraction of sp³-hybridized carbons (Fsp3) is 0.350. The lowest BCUT2D eigenvalue weighted by Gasteiger charge is -2.32. The summed E-state index contributed by atoms with van der Waals surface area (Å²) >= 11 is 3.89. The second-order valence-electron chi connectivity index (χ2n) is 6.42. The van der Waals surface area contributed by atoms with Crippen molar-refractivity contribution in [1.29, 1.82) is 0 Å². The van der Waals surface area contributed by atoms with Gasteiger partial charge in [-0.3, -0.25) is 4.99 Å². The van der Waals surface area contributed by atoms with Crippen LogP contribution >= 0.6 is 12.9 Å². The van der Waals surface area contributed by atoms with Crippen molar-refractivity contribution in [3.05, 3.63) is 52.5 Å². The van der Waals surface area contributed by atoms with Crippen LogP contribution in [0, 0.1) is 5.92 Å². The van der Waals surface area contributed by atoms with Crippen LogP contribution in [-0.2, 0) is 0 Å². The van der Waals surface area contributed by atoms with Gasteiger partial charge in [-0.05, 0) is 37.3 Å². The van der Waals surface area contributed by atoms with Crippen molar-refractivity contribution in [2.75, 3.05) is 24.6 Å². The maximum Gasteiger partial charge on any atom is 0.139 e. The largest absolute Gasteiger partial charge is 0.492 e. The Morgan fingerprint density at radius 2 is 2.04 bits per heavy atom. The molecule has 130 valence electrons. The number of fused-ring (bicyclic) bond motifs is 4. The lowest BCUT2D eigenvalue weighted by molar-refractivity contribution is 0.230. The zero-order valence-corrected chi connectivity index (χ0v) is 15.4. The summed E-state index contributed by atoms with van der Waals surface area (Å²) < 4.78 is 11.1. The monoisotopic (exact) mass is 354 g/mol. The third-order valence-corrected chi connectivity index (χ3v) is 5.27. The second-order valence-corrected chi connectivity index (χ2v) is 6.60. The topological polar surface area (TPSA) is 34.1 Å². The van der Waals surface area contributed by atoms with E-state index in [0.717, 1.165) is 35.0 Å². The van der Waals surface area contributed by atoms with Gasteiger partial charge in [0.2, 0.25) is 0 Å². The third kappa shape index (κ3) is 2.86. The first-order valence-electron chi connectivity index (χ1n) is 8.76. The molecule has 2 aliphatic heterocycles. The summed E-state index contributed by atoms with van der Waals surface area (Å²) in [6.45, 7) is 6.97. The molecule has 0 radical (unpaired) electrons. The summed E-state index contributed by atoms with van der Waals surface area (Å²) in [4.78, 5) is 7.32. The van der Waals surface area contributed by atoms with Gasteiger partial charge >= 0.3 is 0 Å². The molecule has 5 heteroatoms. The van der Waals surface area contributed by atoms with E-state index in [4.69, 9.17) is 13.9 Å². The van der Waals surface area contributed by atoms with E-state index in [1.807, 2.05) is 18.2 Å². The Kier molecular flexibility index (Phi) is 4.34. The molecule has 2 heterocycles. The maximum absolute atomic E-state index is 6.08. The molecule has 0 bridgehead atoms. The number of thiol groups is 1. The van der Waals surface area contributed by atoms with Gasteiger partial charge < -0.3 is 13.8 Å². The molecule has 0 aliphatic carbocycles. The molecule has 2 aromatic carbocycles. The quantitative estimate of drug-likeness (QED) is 0.677. The molecule has 0 aromatic heterocycles. The van der Waals surface area contributed by atoms with Crippen LogP contribution in [0.25, 0.3) is 6.08 Å². The molecule has 2 aromatic rings. The van der Waals surface area contributed by atoms with Gasteiger partial charge in [0.15, 0.2) is 0 Å². The van der Waals surface area contributed by atoms with Gasteiger partial charge in [0.05, 0.1) is 18.0 Å². The Labute approximate surface area is 153 Å². The molecule has 0 amide bonds. The maximum atomic E-state index is 6.08. The first kappa shape index (κ1) is 16.3. The van der Waals surface area contributed by atoms with E-state index >= 15 is 0 Å². The molecule has 4 rings (SSSR count). The molecule has 2 unspecified atom stereocenters. The molecule has 0 N–H and O–H groups in total. The molecule has 0 saturated heterocycles. The number of nitrogens with zero attached hydrogens (tertiary/aromatic N) is 2. The Morgan fingerprint density at radius 3 is 2.80 bits per heavy atom. The Bertz CT molecular complexity index is 908. The van der Waals surface area contributed by atoms with E-state index in [-0.39, 0.29) is 12.0 Å². The summed E-state index contributed by atoms with van der Waals surface area (Å²) in [5.74, 6) is 1.93. The normalized spacial score (nSPS) is 20.1. The smallest absolute Gasteiger partial charge is 0.139 e. The van der Waals surface area contributed by atoms with Crippen molar-refractivity contribution < 1.29 is 8.92 Å². The number of anilines is 1. The van der Waals surface area contributed by atoms with E-state index < -0.39 is 0 Å². The first-order chi connectivity index (χ1) is 12.2. The van der Waals surface area contributed by atoms with E-state index in [9.17, 15) is 0 Å². The van der Waals surface area contributed by atoms with Crippen molar-refractivity contribution in [3.63, 3.8) is 0 Å². The van der Waals surface area contributed by atoms with Crippen LogP contribution in [0.1, 0.15) is 25.5 Å². The van der Waals surface area contributed by atoms with Crippen molar-refractivity contribution in [2.24, 2.45) is 10.9 Å². The van der Waals surface area contributed by atoms with Gasteiger partial charge in [0.25, 0.3) is 0 Å². The number of hydrogen-bond acceptors (Lipinski definition) is 5. The fourth-order valence-corrected chi connectivity index (χ4v) is 3.82. The highest BCUT2D eigenvalue weighted by molar-refractivity contribution is 7.75. The lowest BCUT2D eigenvalue weighted by atomic mass is 9.88. The van der Waals surface area contributed by atoms with Crippen molar-refractivity contribution in [2.45, 2.75) is 19.9 Å². The number of hydrogen-bond donors (Lipinski definition) is 1. The van der Waals surface area contributed by atoms with Crippen molar-refractivity contribution in [3.8, 4) is 11.5 Å². The highest BCUT2D eigenvalue weighted by Gasteiger charge is 2.31. The molecule has 4 nitrogen and oxygen atoms in total. The molecular formula is C20H22N2O2S. The van der Waals surface area contributed by atoms with Crippen LogP contribution in [0.5, 0.6) is 11.5 Å². The molecule has 0 fully saturated rings. The predicted molar refractivity (Wildman–Crippen MR) is 103 cm³/mol. The van der Waals surface area contributed by atoms with Crippen LogP contribution in [0.4, 0.5) is 5.69 Å².